The number of hydrogen-bond donors (Lipinski definition) is 0. The van der Waals surface area contributed by atoms with Crippen LogP contribution in [0.5, 0.6) is 0 Å². The van der Waals surface area contributed by atoms with Crippen molar-refractivity contribution in [2.24, 2.45) is 0 Å². The zero-order valence-electron chi connectivity index (χ0n) is 15.2. The Morgan fingerprint density at radius 1 is 1.08 bits per heavy atom. The molecule has 0 aromatic heterocycles. The molecule has 0 radical (unpaired) electrons. The standard InChI is InChI=1S/C18H30O6/c1-15(9-7-5-6-8-10-17(19)22-3)11-12-16(24-14-21-2)13-18(20)23-4/h8-10,16H,5-7,11-14H2,1-4H3/b10-8+,15-9+. The van der Waals surface area contributed by atoms with E-state index >= 15 is 0 Å². The molecule has 6 nitrogen and oxygen atoms in total. The molecule has 0 bridgehead atoms. The Morgan fingerprint density at radius 2 is 1.83 bits per heavy atom. The molecule has 1 unspecified atom stereocenters. The fraction of sp³-hybridized carbons (Fsp3) is 0.667. The van der Waals surface area contributed by atoms with Gasteiger partial charge in [0.05, 0.1) is 26.7 Å². The van der Waals surface area contributed by atoms with E-state index in [1.165, 1.54) is 25.9 Å². The van der Waals surface area contributed by atoms with Crippen molar-refractivity contribution in [1.29, 1.82) is 0 Å². The van der Waals surface area contributed by atoms with Crippen LogP contribution in [-0.4, -0.2) is 46.2 Å². The van der Waals surface area contributed by atoms with Gasteiger partial charge < -0.3 is 18.9 Å². The number of methoxy groups -OCH3 is 3. The van der Waals surface area contributed by atoms with Crippen molar-refractivity contribution < 1.29 is 28.5 Å². The smallest absolute Gasteiger partial charge is 0.330 e. The van der Waals surface area contributed by atoms with Crippen LogP contribution in [0.1, 0.15) is 45.4 Å². The quantitative estimate of drug-likeness (QED) is 0.168. The molecule has 0 aromatic rings. The van der Waals surface area contributed by atoms with E-state index in [2.05, 4.69) is 22.5 Å². The van der Waals surface area contributed by atoms with Crippen LogP contribution in [-0.2, 0) is 28.5 Å². The van der Waals surface area contributed by atoms with Crippen LogP contribution in [0.3, 0.4) is 0 Å². The lowest BCUT2D eigenvalue weighted by atomic mass is 10.0. The van der Waals surface area contributed by atoms with E-state index in [0.29, 0.717) is 0 Å². The summed E-state index contributed by atoms with van der Waals surface area (Å²) >= 11 is 0. The molecule has 6 heteroatoms. The molecular formula is C18H30O6. The van der Waals surface area contributed by atoms with Gasteiger partial charge in [0.25, 0.3) is 0 Å². The molecule has 24 heavy (non-hydrogen) atoms. The third-order valence-corrected chi connectivity index (χ3v) is 3.43. The topological polar surface area (TPSA) is 71.1 Å². The van der Waals surface area contributed by atoms with Crippen LogP contribution >= 0.6 is 0 Å². The minimum absolute atomic E-state index is 0.164. The van der Waals surface area contributed by atoms with Crippen molar-refractivity contribution >= 4 is 11.9 Å². The van der Waals surface area contributed by atoms with Gasteiger partial charge in [-0.3, -0.25) is 4.79 Å². The van der Waals surface area contributed by atoms with Crippen LogP contribution in [0.4, 0.5) is 0 Å². The first-order valence-electron chi connectivity index (χ1n) is 8.11. The molecule has 0 aliphatic heterocycles. The summed E-state index contributed by atoms with van der Waals surface area (Å²) in [6, 6.07) is 0. The van der Waals surface area contributed by atoms with Crippen molar-refractivity contribution in [3.05, 3.63) is 23.8 Å². The average molecular weight is 342 g/mol. The van der Waals surface area contributed by atoms with Crippen LogP contribution in [0, 0.1) is 0 Å². The molecule has 0 aromatic carbocycles. The summed E-state index contributed by atoms with van der Waals surface area (Å²) < 4.78 is 19.6. The molecule has 0 saturated heterocycles. The van der Waals surface area contributed by atoms with Crippen molar-refractivity contribution in [1.82, 2.24) is 0 Å². The monoisotopic (exact) mass is 342 g/mol. The molecule has 0 aliphatic rings. The maximum Gasteiger partial charge on any atom is 0.330 e. The molecule has 0 heterocycles. The van der Waals surface area contributed by atoms with E-state index in [9.17, 15) is 9.59 Å². The van der Waals surface area contributed by atoms with Crippen molar-refractivity contribution in [2.75, 3.05) is 28.1 Å². The summed E-state index contributed by atoms with van der Waals surface area (Å²) in [6.45, 7) is 2.23. The molecule has 138 valence electrons. The highest BCUT2D eigenvalue weighted by Gasteiger charge is 2.14. The number of carbonyl (C=O) groups is 2. The lowest BCUT2D eigenvalue weighted by molar-refractivity contribution is -0.147. The maximum absolute atomic E-state index is 11.4. The van der Waals surface area contributed by atoms with Gasteiger partial charge in [-0.15, -0.1) is 0 Å². The number of ether oxygens (including phenoxy) is 4. The predicted molar refractivity (Wildman–Crippen MR) is 91.4 cm³/mol. The van der Waals surface area contributed by atoms with Crippen LogP contribution in [0.15, 0.2) is 23.8 Å². The summed E-state index contributed by atoms with van der Waals surface area (Å²) in [7, 11) is 4.28. The predicted octanol–water partition coefficient (Wildman–Crippen LogP) is 3.16. The number of allylic oxidation sites excluding steroid dienone is 3. The second kappa shape index (κ2) is 14.9. The molecule has 0 fully saturated rings. The molecule has 0 aliphatic carbocycles. The third-order valence-electron chi connectivity index (χ3n) is 3.43. The highest BCUT2D eigenvalue weighted by Crippen LogP contribution is 2.14. The molecule has 0 saturated carbocycles. The van der Waals surface area contributed by atoms with E-state index in [1.807, 2.05) is 6.08 Å². The number of carbonyl (C=O) groups excluding carboxylic acids is 2. The zero-order chi connectivity index (χ0) is 18.2. The third kappa shape index (κ3) is 12.8. The summed E-state index contributed by atoms with van der Waals surface area (Å²) in [5.41, 5.74) is 1.25. The van der Waals surface area contributed by atoms with Gasteiger partial charge in [0.2, 0.25) is 0 Å². The van der Waals surface area contributed by atoms with Crippen LogP contribution in [0.25, 0.3) is 0 Å². The Bertz CT molecular complexity index is 414. The van der Waals surface area contributed by atoms with Gasteiger partial charge in [-0.25, -0.2) is 4.79 Å². The molecule has 0 rings (SSSR count). The number of rotatable bonds is 13. The van der Waals surface area contributed by atoms with Crippen LogP contribution < -0.4 is 0 Å². The van der Waals surface area contributed by atoms with Gasteiger partial charge in [0.15, 0.2) is 0 Å². The Hall–Kier alpha value is -1.66. The summed E-state index contributed by atoms with van der Waals surface area (Å²) in [4.78, 5) is 22.3. The Kier molecular flexibility index (Phi) is 13.9. The Balaban J connectivity index is 4.07. The minimum Gasteiger partial charge on any atom is -0.469 e. The summed E-state index contributed by atoms with van der Waals surface area (Å²) in [6.07, 6.45) is 9.80. The van der Waals surface area contributed by atoms with E-state index in [-0.39, 0.29) is 31.3 Å². The van der Waals surface area contributed by atoms with Gasteiger partial charge >= 0.3 is 11.9 Å². The van der Waals surface area contributed by atoms with Gasteiger partial charge in [0, 0.05) is 13.2 Å². The lowest BCUT2D eigenvalue weighted by Crippen LogP contribution is -2.20. The largest absolute Gasteiger partial charge is 0.469 e. The second-order valence-corrected chi connectivity index (χ2v) is 5.42. The average Bonchev–Trinajstić information content (AvgIpc) is 2.59. The van der Waals surface area contributed by atoms with Crippen molar-refractivity contribution in [2.45, 2.75) is 51.6 Å². The normalized spacial score (nSPS) is 13.1. The lowest BCUT2D eigenvalue weighted by Gasteiger charge is -2.16. The first kappa shape index (κ1) is 22.3. The zero-order valence-corrected chi connectivity index (χ0v) is 15.2. The van der Waals surface area contributed by atoms with E-state index in [0.717, 1.165) is 32.1 Å². The fourth-order valence-corrected chi connectivity index (χ4v) is 2.00. The number of esters is 2. The maximum atomic E-state index is 11.4. The Labute approximate surface area is 144 Å². The number of hydrogen-bond acceptors (Lipinski definition) is 6. The van der Waals surface area contributed by atoms with E-state index < -0.39 is 0 Å². The van der Waals surface area contributed by atoms with Crippen molar-refractivity contribution in [3.63, 3.8) is 0 Å². The first-order chi connectivity index (χ1) is 11.5. The van der Waals surface area contributed by atoms with Gasteiger partial charge in [-0.05, 0) is 39.0 Å². The molecule has 0 amide bonds. The van der Waals surface area contributed by atoms with Gasteiger partial charge in [-0.1, -0.05) is 17.7 Å². The van der Waals surface area contributed by atoms with Gasteiger partial charge in [-0.2, -0.15) is 0 Å². The molecular weight excluding hydrogens is 312 g/mol. The molecule has 1 atom stereocenters. The highest BCUT2D eigenvalue weighted by atomic mass is 16.7. The minimum atomic E-state index is -0.325. The van der Waals surface area contributed by atoms with Crippen LogP contribution in [0.2, 0.25) is 0 Å². The summed E-state index contributed by atoms with van der Waals surface area (Å²) in [5.74, 6) is -0.607. The Morgan fingerprint density at radius 3 is 2.46 bits per heavy atom. The second-order valence-electron chi connectivity index (χ2n) is 5.42. The number of unbranched alkanes of at least 4 members (excludes halogenated alkanes) is 2. The molecule has 0 N–H and O–H groups in total. The van der Waals surface area contributed by atoms with E-state index in [1.54, 1.807) is 7.11 Å². The highest BCUT2D eigenvalue weighted by molar-refractivity contribution is 5.81. The van der Waals surface area contributed by atoms with Crippen molar-refractivity contribution in [3.8, 4) is 0 Å². The van der Waals surface area contributed by atoms with Gasteiger partial charge in [0.1, 0.15) is 6.79 Å². The first-order valence-corrected chi connectivity index (χ1v) is 8.11. The van der Waals surface area contributed by atoms with E-state index in [4.69, 9.17) is 9.47 Å². The SMILES string of the molecule is COCOC(CC/C(C)=C/CCC/C=C/C(=O)OC)CC(=O)OC. The fourth-order valence-electron chi connectivity index (χ4n) is 2.00. The summed E-state index contributed by atoms with van der Waals surface area (Å²) in [5, 5.41) is 0. The molecule has 0 spiro atoms.